The molecule has 1 fully saturated rings. The van der Waals surface area contributed by atoms with E-state index >= 15 is 0 Å². The number of hydrogen-bond donors (Lipinski definition) is 1. The van der Waals surface area contributed by atoms with Crippen LogP contribution in [-0.4, -0.2) is 18.0 Å². The first kappa shape index (κ1) is 17.4. The average molecular weight is 287 g/mol. The lowest BCUT2D eigenvalue weighted by molar-refractivity contribution is 0.00634. The number of hydrogen-bond acceptors (Lipinski definition) is 2. The van der Waals surface area contributed by atoms with Crippen molar-refractivity contribution < 1.29 is 4.74 Å². The van der Waals surface area contributed by atoms with Crippen LogP contribution in [0.5, 0.6) is 0 Å². The van der Waals surface area contributed by atoms with Crippen LogP contribution in [0, 0.1) is 23.7 Å². The molecule has 1 saturated heterocycles. The predicted molar refractivity (Wildman–Crippen MR) is 88.0 cm³/mol. The van der Waals surface area contributed by atoms with Gasteiger partial charge in [0.15, 0.2) is 0 Å². The van der Waals surface area contributed by atoms with Gasteiger partial charge in [-0.2, -0.15) is 12.6 Å². The quantitative estimate of drug-likeness (QED) is 0.633. The molecule has 0 spiro atoms. The van der Waals surface area contributed by atoms with E-state index in [0.717, 1.165) is 25.0 Å². The summed E-state index contributed by atoms with van der Waals surface area (Å²) in [5.41, 5.74) is 0. The van der Waals surface area contributed by atoms with Crippen LogP contribution in [0.15, 0.2) is 0 Å². The molecule has 1 heterocycles. The van der Waals surface area contributed by atoms with Gasteiger partial charge in [-0.3, -0.25) is 0 Å². The van der Waals surface area contributed by atoms with Crippen molar-refractivity contribution in [3.8, 4) is 0 Å². The number of rotatable bonds is 7. The summed E-state index contributed by atoms with van der Waals surface area (Å²) >= 11 is 4.99. The van der Waals surface area contributed by atoms with Gasteiger partial charge in [-0.1, -0.05) is 53.9 Å². The van der Waals surface area contributed by atoms with Gasteiger partial charge in [0.2, 0.25) is 0 Å². The standard InChI is InChI=1S/C17H34OS/c1-13(2)7-6-8-14(3)10-17(5,19)16-9-15(4)11-18-12-16/h13-16,19H,6-12H2,1-5H3. The normalized spacial score (nSPS) is 29.2. The largest absolute Gasteiger partial charge is 0.381 e. The van der Waals surface area contributed by atoms with E-state index < -0.39 is 0 Å². The fourth-order valence-electron chi connectivity index (χ4n) is 3.32. The zero-order valence-electron chi connectivity index (χ0n) is 13.6. The Hall–Kier alpha value is 0.310. The summed E-state index contributed by atoms with van der Waals surface area (Å²) < 4.78 is 5.86. The highest BCUT2D eigenvalue weighted by atomic mass is 32.1. The van der Waals surface area contributed by atoms with Crippen molar-refractivity contribution in [3.05, 3.63) is 0 Å². The molecule has 0 saturated carbocycles. The smallest absolute Gasteiger partial charge is 0.0507 e. The minimum atomic E-state index is 0.131. The molecule has 4 unspecified atom stereocenters. The van der Waals surface area contributed by atoms with Gasteiger partial charge in [-0.25, -0.2) is 0 Å². The summed E-state index contributed by atoms with van der Waals surface area (Å²) in [5.74, 6) is 2.93. The van der Waals surface area contributed by atoms with Crippen LogP contribution in [0.25, 0.3) is 0 Å². The van der Waals surface area contributed by atoms with Crippen molar-refractivity contribution in [1.82, 2.24) is 0 Å². The highest BCUT2D eigenvalue weighted by molar-refractivity contribution is 7.81. The molecule has 0 aliphatic carbocycles. The van der Waals surface area contributed by atoms with Crippen LogP contribution in [0.4, 0.5) is 0 Å². The maximum absolute atomic E-state index is 5.73. The van der Waals surface area contributed by atoms with Gasteiger partial charge in [0.1, 0.15) is 0 Å². The molecule has 0 aromatic rings. The maximum Gasteiger partial charge on any atom is 0.0507 e. The van der Waals surface area contributed by atoms with Crippen molar-refractivity contribution in [3.63, 3.8) is 0 Å². The molecular formula is C17H34OS. The van der Waals surface area contributed by atoms with Gasteiger partial charge in [-0.05, 0) is 36.5 Å². The van der Waals surface area contributed by atoms with Crippen LogP contribution in [0.2, 0.25) is 0 Å². The Kier molecular flexibility index (Phi) is 7.24. The average Bonchev–Trinajstić information content (AvgIpc) is 2.27. The van der Waals surface area contributed by atoms with Crippen molar-refractivity contribution in [2.24, 2.45) is 23.7 Å². The highest BCUT2D eigenvalue weighted by Gasteiger charge is 2.35. The van der Waals surface area contributed by atoms with Crippen molar-refractivity contribution in [2.45, 2.75) is 71.5 Å². The number of thiol groups is 1. The Morgan fingerprint density at radius 3 is 2.47 bits per heavy atom. The number of ether oxygens (including phenoxy) is 1. The Labute approximate surface area is 126 Å². The minimum Gasteiger partial charge on any atom is -0.381 e. The summed E-state index contributed by atoms with van der Waals surface area (Å²) in [4.78, 5) is 0. The molecule has 0 bridgehead atoms. The maximum atomic E-state index is 5.73. The molecule has 0 aromatic carbocycles. The van der Waals surface area contributed by atoms with Gasteiger partial charge >= 0.3 is 0 Å². The van der Waals surface area contributed by atoms with E-state index in [-0.39, 0.29) is 4.75 Å². The molecule has 1 aliphatic rings. The van der Waals surface area contributed by atoms with Crippen LogP contribution in [0.3, 0.4) is 0 Å². The zero-order chi connectivity index (χ0) is 14.5. The SMILES string of the molecule is CC(C)CCCC(C)CC(C)(S)C1COCC(C)C1. The van der Waals surface area contributed by atoms with Gasteiger partial charge in [-0.15, -0.1) is 0 Å². The van der Waals surface area contributed by atoms with Crippen LogP contribution in [0.1, 0.15) is 66.7 Å². The fraction of sp³-hybridized carbons (Fsp3) is 1.00. The van der Waals surface area contributed by atoms with E-state index in [4.69, 9.17) is 17.4 Å². The molecule has 4 atom stereocenters. The highest BCUT2D eigenvalue weighted by Crippen LogP contribution is 2.38. The molecular weight excluding hydrogens is 252 g/mol. The van der Waals surface area contributed by atoms with Crippen molar-refractivity contribution in [1.29, 1.82) is 0 Å². The van der Waals surface area contributed by atoms with Gasteiger partial charge < -0.3 is 4.74 Å². The van der Waals surface area contributed by atoms with Crippen LogP contribution < -0.4 is 0 Å². The van der Waals surface area contributed by atoms with Crippen LogP contribution >= 0.6 is 12.6 Å². The van der Waals surface area contributed by atoms with Crippen molar-refractivity contribution in [2.75, 3.05) is 13.2 Å². The second-order valence-electron chi connectivity index (χ2n) is 7.57. The third kappa shape index (κ3) is 6.53. The Bertz CT molecular complexity index is 250. The van der Waals surface area contributed by atoms with Crippen molar-refractivity contribution >= 4 is 12.6 Å². The third-order valence-corrected chi connectivity index (χ3v) is 5.08. The first-order chi connectivity index (χ1) is 8.81. The first-order valence-electron chi connectivity index (χ1n) is 8.11. The Morgan fingerprint density at radius 2 is 1.89 bits per heavy atom. The Balaban J connectivity index is 2.35. The molecule has 1 aliphatic heterocycles. The van der Waals surface area contributed by atoms with E-state index in [1.807, 2.05) is 0 Å². The lowest BCUT2D eigenvalue weighted by Crippen LogP contribution is -2.39. The van der Waals surface area contributed by atoms with Gasteiger partial charge in [0, 0.05) is 11.4 Å². The summed E-state index contributed by atoms with van der Waals surface area (Å²) in [6.07, 6.45) is 6.56. The van der Waals surface area contributed by atoms with E-state index in [9.17, 15) is 0 Å². The topological polar surface area (TPSA) is 9.23 Å². The van der Waals surface area contributed by atoms with E-state index in [0.29, 0.717) is 11.8 Å². The lowest BCUT2D eigenvalue weighted by atomic mass is 9.79. The monoisotopic (exact) mass is 286 g/mol. The predicted octanol–water partition coefficient (Wildman–Crippen LogP) is 5.20. The minimum absolute atomic E-state index is 0.131. The second-order valence-corrected chi connectivity index (χ2v) is 8.59. The zero-order valence-corrected chi connectivity index (χ0v) is 14.5. The first-order valence-corrected chi connectivity index (χ1v) is 8.56. The molecule has 0 radical (unpaired) electrons. The summed E-state index contributed by atoms with van der Waals surface area (Å²) in [6.45, 7) is 13.5. The van der Waals surface area contributed by atoms with Crippen LogP contribution in [-0.2, 0) is 4.74 Å². The molecule has 2 heteroatoms. The molecule has 0 N–H and O–H groups in total. The lowest BCUT2D eigenvalue weighted by Gasteiger charge is -2.39. The van der Waals surface area contributed by atoms with E-state index in [1.165, 1.54) is 32.1 Å². The molecule has 0 amide bonds. The second kappa shape index (κ2) is 7.93. The molecule has 1 nitrogen and oxygen atoms in total. The molecule has 0 aromatic heterocycles. The van der Waals surface area contributed by atoms with E-state index in [2.05, 4.69) is 34.6 Å². The Morgan fingerprint density at radius 1 is 1.21 bits per heavy atom. The van der Waals surface area contributed by atoms with Gasteiger partial charge in [0.05, 0.1) is 6.61 Å². The van der Waals surface area contributed by atoms with Gasteiger partial charge in [0.25, 0.3) is 0 Å². The summed E-state index contributed by atoms with van der Waals surface area (Å²) in [6, 6.07) is 0. The summed E-state index contributed by atoms with van der Waals surface area (Å²) in [5, 5.41) is 0. The molecule has 19 heavy (non-hydrogen) atoms. The fourth-order valence-corrected chi connectivity index (χ4v) is 3.81. The summed E-state index contributed by atoms with van der Waals surface area (Å²) in [7, 11) is 0. The molecule has 1 rings (SSSR count). The molecule has 114 valence electrons. The third-order valence-electron chi connectivity index (χ3n) is 4.53. The van der Waals surface area contributed by atoms with E-state index in [1.54, 1.807) is 0 Å².